The zero-order chi connectivity index (χ0) is 14.4. The summed E-state index contributed by atoms with van der Waals surface area (Å²) in [7, 11) is 0. The molecule has 0 saturated heterocycles. The number of allylic oxidation sites excluding steroid dienone is 2. The van der Waals surface area contributed by atoms with Gasteiger partial charge in [-0.15, -0.1) is 0 Å². The van der Waals surface area contributed by atoms with Gasteiger partial charge in [0.15, 0.2) is 0 Å². The molecule has 0 aromatic carbocycles. The van der Waals surface area contributed by atoms with Gasteiger partial charge in [-0.25, -0.2) is 0 Å². The number of rotatable bonds is 2. The Labute approximate surface area is 131 Å². The van der Waals surface area contributed by atoms with E-state index in [9.17, 15) is 0 Å². The molecule has 0 radical (unpaired) electrons. The monoisotopic (exact) mass is 286 g/mol. The molecular weight excluding hydrogens is 252 g/mol. The Balaban J connectivity index is 1.51. The standard InChI is InChI=1S/C21H34/c1-3-14(2)16-8-10-19-17(13-16)9-12-20-18-6-4-5-15(18)7-11-21(19)20/h9,14-16,18-21H,3-8,10-13H2,1-2H3. The van der Waals surface area contributed by atoms with E-state index < -0.39 is 0 Å². The van der Waals surface area contributed by atoms with Crippen molar-refractivity contribution in [2.75, 3.05) is 0 Å². The molecule has 7 atom stereocenters. The lowest BCUT2D eigenvalue weighted by molar-refractivity contribution is 0.0552. The summed E-state index contributed by atoms with van der Waals surface area (Å²) in [6, 6.07) is 0. The number of hydrogen-bond donors (Lipinski definition) is 0. The molecule has 0 amide bonds. The van der Waals surface area contributed by atoms with Gasteiger partial charge < -0.3 is 0 Å². The van der Waals surface area contributed by atoms with Gasteiger partial charge in [0.25, 0.3) is 0 Å². The fraction of sp³-hybridized carbons (Fsp3) is 0.905. The van der Waals surface area contributed by atoms with Crippen LogP contribution in [0, 0.1) is 41.4 Å². The van der Waals surface area contributed by atoms with Gasteiger partial charge in [0.05, 0.1) is 0 Å². The second kappa shape index (κ2) is 5.74. The van der Waals surface area contributed by atoms with Gasteiger partial charge in [-0.05, 0) is 86.4 Å². The van der Waals surface area contributed by atoms with Crippen LogP contribution in [0.1, 0.15) is 78.1 Å². The van der Waals surface area contributed by atoms with E-state index in [2.05, 4.69) is 19.9 Å². The van der Waals surface area contributed by atoms with Crippen LogP contribution in [0.2, 0.25) is 0 Å². The maximum absolute atomic E-state index is 2.74. The molecule has 0 aliphatic heterocycles. The highest BCUT2D eigenvalue weighted by atomic mass is 14.5. The summed E-state index contributed by atoms with van der Waals surface area (Å²) in [6.07, 6.45) is 17.9. The lowest BCUT2D eigenvalue weighted by atomic mass is 9.55. The van der Waals surface area contributed by atoms with E-state index in [0.29, 0.717) is 0 Å². The molecule has 0 spiro atoms. The summed E-state index contributed by atoms with van der Waals surface area (Å²) in [6.45, 7) is 4.87. The van der Waals surface area contributed by atoms with Crippen molar-refractivity contribution in [3.8, 4) is 0 Å². The minimum atomic E-state index is 0.940. The van der Waals surface area contributed by atoms with Gasteiger partial charge >= 0.3 is 0 Å². The molecule has 0 heterocycles. The van der Waals surface area contributed by atoms with Gasteiger partial charge in [-0.2, -0.15) is 0 Å². The summed E-state index contributed by atoms with van der Waals surface area (Å²) < 4.78 is 0. The van der Waals surface area contributed by atoms with Crippen LogP contribution in [-0.4, -0.2) is 0 Å². The Bertz CT molecular complexity index is 406. The van der Waals surface area contributed by atoms with Crippen molar-refractivity contribution in [2.24, 2.45) is 41.4 Å². The third kappa shape index (κ3) is 2.41. The first-order valence-electron chi connectivity index (χ1n) is 9.96. The molecule has 4 rings (SSSR count). The minimum absolute atomic E-state index is 0.940. The largest absolute Gasteiger partial charge is 0.0847 e. The first-order valence-corrected chi connectivity index (χ1v) is 9.96. The molecule has 21 heavy (non-hydrogen) atoms. The maximum atomic E-state index is 2.74. The van der Waals surface area contributed by atoms with E-state index in [1.807, 2.05) is 5.57 Å². The second-order valence-electron chi connectivity index (χ2n) is 8.81. The fourth-order valence-corrected chi connectivity index (χ4v) is 6.74. The lowest BCUT2D eigenvalue weighted by Crippen LogP contribution is -2.40. The molecule has 3 saturated carbocycles. The van der Waals surface area contributed by atoms with E-state index in [1.54, 1.807) is 25.7 Å². The molecule has 4 aliphatic carbocycles. The summed E-state index contributed by atoms with van der Waals surface area (Å²) in [4.78, 5) is 0. The Morgan fingerprint density at radius 3 is 2.76 bits per heavy atom. The first kappa shape index (κ1) is 14.3. The number of fused-ring (bicyclic) bond motifs is 5. The highest BCUT2D eigenvalue weighted by Crippen LogP contribution is 2.57. The van der Waals surface area contributed by atoms with E-state index in [1.165, 1.54) is 38.5 Å². The summed E-state index contributed by atoms with van der Waals surface area (Å²) in [5, 5.41) is 0. The number of hydrogen-bond acceptors (Lipinski definition) is 0. The van der Waals surface area contributed by atoms with E-state index in [0.717, 1.165) is 41.4 Å². The van der Waals surface area contributed by atoms with Crippen molar-refractivity contribution >= 4 is 0 Å². The van der Waals surface area contributed by atoms with Crippen LogP contribution in [0.15, 0.2) is 11.6 Å². The summed E-state index contributed by atoms with van der Waals surface area (Å²) in [5.74, 6) is 7.35. The lowest BCUT2D eigenvalue weighted by Gasteiger charge is -2.49. The second-order valence-corrected chi connectivity index (χ2v) is 8.81. The van der Waals surface area contributed by atoms with Gasteiger partial charge in [-0.3, -0.25) is 0 Å². The topological polar surface area (TPSA) is 0 Å². The average Bonchev–Trinajstić information content (AvgIpc) is 3.02. The Morgan fingerprint density at radius 1 is 1.00 bits per heavy atom. The van der Waals surface area contributed by atoms with Gasteiger partial charge in [0.2, 0.25) is 0 Å². The third-order valence-corrected chi connectivity index (χ3v) is 8.13. The molecule has 4 aliphatic rings. The highest BCUT2D eigenvalue weighted by molar-refractivity contribution is 5.18. The Morgan fingerprint density at radius 2 is 1.90 bits per heavy atom. The van der Waals surface area contributed by atoms with E-state index >= 15 is 0 Å². The predicted molar refractivity (Wildman–Crippen MR) is 90.0 cm³/mol. The molecule has 7 unspecified atom stereocenters. The van der Waals surface area contributed by atoms with E-state index in [4.69, 9.17) is 0 Å². The molecule has 118 valence electrons. The molecule has 3 fully saturated rings. The molecule has 0 heteroatoms. The van der Waals surface area contributed by atoms with Crippen molar-refractivity contribution in [1.82, 2.24) is 0 Å². The zero-order valence-corrected chi connectivity index (χ0v) is 14.2. The van der Waals surface area contributed by atoms with E-state index in [-0.39, 0.29) is 0 Å². The highest BCUT2D eigenvalue weighted by Gasteiger charge is 2.47. The Kier molecular flexibility index (Phi) is 3.92. The smallest absolute Gasteiger partial charge is 0.0172 e. The Hall–Kier alpha value is -0.260. The molecule has 0 aromatic heterocycles. The average molecular weight is 287 g/mol. The minimum Gasteiger partial charge on any atom is -0.0847 e. The normalized spacial score (nSPS) is 47.0. The first-order chi connectivity index (χ1) is 10.3. The quantitative estimate of drug-likeness (QED) is 0.528. The molecule has 0 aromatic rings. The fourth-order valence-electron chi connectivity index (χ4n) is 6.74. The molecule has 0 N–H and O–H groups in total. The van der Waals surface area contributed by atoms with Gasteiger partial charge in [0.1, 0.15) is 0 Å². The van der Waals surface area contributed by atoms with Crippen molar-refractivity contribution in [1.29, 1.82) is 0 Å². The predicted octanol–water partition coefficient (Wildman–Crippen LogP) is 6.22. The maximum Gasteiger partial charge on any atom is -0.0172 e. The van der Waals surface area contributed by atoms with Gasteiger partial charge in [-0.1, -0.05) is 44.8 Å². The summed E-state index contributed by atoms with van der Waals surface area (Å²) in [5.41, 5.74) is 1.91. The van der Waals surface area contributed by atoms with Crippen LogP contribution in [0.5, 0.6) is 0 Å². The van der Waals surface area contributed by atoms with Crippen molar-refractivity contribution in [3.63, 3.8) is 0 Å². The summed E-state index contributed by atoms with van der Waals surface area (Å²) >= 11 is 0. The molecular formula is C21H34. The van der Waals surface area contributed by atoms with Crippen LogP contribution in [0.4, 0.5) is 0 Å². The van der Waals surface area contributed by atoms with Crippen molar-refractivity contribution in [3.05, 3.63) is 11.6 Å². The SMILES string of the molecule is CCC(C)C1CCC2C(=CCC3C4CCCC4CCC23)C1. The zero-order valence-electron chi connectivity index (χ0n) is 14.2. The van der Waals surface area contributed by atoms with Crippen LogP contribution < -0.4 is 0 Å². The van der Waals surface area contributed by atoms with Crippen LogP contribution in [-0.2, 0) is 0 Å². The molecule has 0 nitrogen and oxygen atoms in total. The van der Waals surface area contributed by atoms with Crippen LogP contribution >= 0.6 is 0 Å². The third-order valence-electron chi connectivity index (χ3n) is 8.13. The van der Waals surface area contributed by atoms with Gasteiger partial charge in [0, 0.05) is 0 Å². The molecule has 0 bridgehead atoms. The van der Waals surface area contributed by atoms with Crippen LogP contribution in [0.25, 0.3) is 0 Å². The van der Waals surface area contributed by atoms with Crippen molar-refractivity contribution in [2.45, 2.75) is 78.1 Å². The van der Waals surface area contributed by atoms with Crippen LogP contribution in [0.3, 0.4) is 0 Å². The van der Waals surface area contributed by atoms with Crippen molar-refractivity contribution < 1.29 is 0 Å².